The third-order valence-electron chi connectivity index (χ3n) is 2.00. The summed E-state index contributed by atoms with van der Waals surface area (Å²) in [5, 5.41) is 12.5. The van der Waals surface area contributed by atoms with Gasteiger partial charge in [-0.15, -0.1) is 0 Å². The standard InChI is InChI=1S/C10H15N3O3/c1-12(2)11-7-8-4-9(13(14)15)6-10(5-8)16-3/h4-6,11H,7H2,1-3H3. The Kier molecular flexibility index (Phi) is 4.21. The van der Waals surface area contributed by atoms with E-state index in [1.807, 2.05) is 14.1 Å². The normalized spacial score (nSPS) is 10.5. The van der Waals surface area contributed by atoms with Gasteiger partial charge in [-0.1, -0.05) is 0 Å². The molecule has 0 aliphatic heterocycles. The molecule has 0 aromatic heterocycles. The average molecular weight is 225 g/mol. The number of ether oxygens (including phenoxy) is 1. The minimum Gasteiger partial charge on any atom is -0.496 e. The van der Waals surface area contributed by atoms with E-state index in [0.717, 1.165) is 5.56 Å². The first kappa shape index (κ1) is 12.4. The maximum absolute atomic E-state index is 10.7. The zero-order valence-corrected chi connectivity index (χ0v) is 9.56. The molecule has 0 aliphatic rings. The van der Waals surface area contributed by atoms with Crippen LogP contribution in [0.3, 0.4) is 0 Å². The summed E-state index contributed by atoms with van der Waals surface area (Å²) >= 11 is 0. The molecule has 0 saturated carbocycles. The molecule has 0 heterocycles. The zero-order valence-electron chi connectivity index (χ0n) is 9.56. The molecule has 0 amide bonds. The number of benzene rings is 1. The molecule has 1 N–H and O–H groups in total. The maximum Gasteiger partial charge on any atom is 0.273 e. The Morgan fingerprint density at radius 2 is 2.12 bits per heavy atom. The van der Waals surface area contributed by atoms with Crippen LogP contribution in [0.4, 0.5) is 5.69 Å². The van der Waals surface area contributed by atoms with E-state index in [4.69, 9.17) is 4.74 Å². The topological polar surface area (TPSA) is 67.6 Å². The molecule has 0 aliphatic carbocycles. The number of non-ortho nitro benzene ring substituents is 1. The number of rotatable bonds is 5. The SMILES string of the molecule is COc1cc(CNN(C)C)cc([N+](=O)[O-])c1. The molecule has 0 saturated heterocycles. The van der Waals surface area contributed by atoms with Crippen LogP contribution in [0.15, 0.2) is 18.2 Å². The minimum absolute atomic E-state index is 0.0370. The van der Waals surface area contributed by atoms with Crippen molar-refractivity contribution in [2.75, 3.05) is 21.2 Å². The van der Waals surface area contributed by atoms with Gasteiger partial charge in [0.05, 0.1) is 18.1 Å². The Labute approximate surface area is 93.9 Å². The van der Waals surface area contributed by atoms with E-state index in [1.165, 1.54) is 19.2 Å². The van der Waals surface area contributed by atoms with Gasteiger partial charge in [0.25, 0.3) is 5.69 Å². The third kappa shape index (κ3) is 3.48. The second-order valence-electron chi connectivity index (χ2n) is 3.53. The summed E-state index contributed by atoms with van der Waals surface area (Å²) in [6.07, 6.45) is 0. The van der Waals surface area contributed by atoms with Crippen molar-refractivity contribution in [2.24, 2.45) is 0 Å². The van der Waals surface area contributed by atoms with Crippen molar-refractivity contribution in [3.05, 3.63) is 33.9 Å². The monoisotopic (exact) mass is 225 g/mol. The highest BCUT2D eigenvalue weighted by Crippen LogP contribution is 2.22. The summed E-state index contributed by atoms with van der Waals surface area (Å²) in [5.74, 6) is 0.491. The van der Waals surface area contributed by atoms with Crippen LogP contribution >= 0.6 is 0 Å². The number of nitro benzene ring substituents is 1. The summed E-state index contributed by atoms with van der Waals surface area (Å²) in [6, 6.07) is 4.70. The Morgan fingerprint density at radius 3 is 2.62 bits per heavy atom. The van der Waals surface area contributed by atoms with Gasteiger partial charge in [-0.3, -0.25) is 20.5 Å². The van der Waals surface area contributed by atoms with E-state index in [0.29, 0.717) is 12.3 Å². The molecule has 1 rings (SSSR count). The molecule has 0 bridgehead atoms. The summed E-state index contributed by atoms with van der Waals surface area (Å²) in [6.45, 7) is 0.519. The number of hydrazine groups is 1. The molecular weight excluding hydrogens is 210 g/mol. The first-order valence-electron chi connectivity index (χ1n) is 4.76. The van der Waals surface area contributed by atoms with Crippen LogP contribution in [0.25, 0.3) is 0 Å². The molecule has 88 valence electrons. The number of nitro groups is 1. The number of nitrogens with one attached hydrogen (secondary N) is 1. The van der Waals surface area contributed by atoms with Crippen molar-refractivity contribution in [1.82, 2.24) is 10.4 Å². The predicted octanol–water partition coefficient (Wildman–Crippen LogP) is 1.17. The van der Waals surface area contributed by atoms with E-state index in [-0.39, 0.29) is 5.69 Å². The molecule has 0 fully saturated rings. The van der Waals surface area contributed by atoms with Crippen molar-refractivity contribution in [3.63, 3.8) is 0 Å². The van der Waals surface area contributed by atoms with E-state index in [2.05, 4.69) is 5.43 Å². The third-order valence-corrected chi connectivity index (χ3v) is 2.00. The summed E-state index contributed by atoms with van der Waals surface area (Å²) in [4.78, 5) is 10.2. The smallest absolute Gasteiger partial charge is 0.273 e. The molecule has 1 aromatic rings. The fourth-order valence-corrected chi connectivity index (χ4v) is 1.22. The molecule has 0 unspecified atom stereocenters. The number of hydrogen-bond donors (Lipinski definition) is 1. The van der Waals surface area contributed by atoms with Gasteiger partial charge in [-0.2, -0.15) is 0 Å². The Hall–Kier alpha value is -1.66. The molecule has 0 spiro atoms. The quantitative estimate of drug-likeness (QED) is 0.601. The first-order chi connectivity index (χ1) is 7.52. The molecule has 0 atom stereocenters. The lowest BCUT2D eigenvalue weighted by Crippen LogP contribution is -2.29. The van der Waals surface area contributed by atoms with Gasteiger partial charge in [-0.25, -0.2) is 0 Å². The predicted molar refractivity (Wildman–Crippen MR) is 60.2 cm³/mol. The fraction of sp³-hybridized carbons (Fsp3) is 0.400. The number of methoxy groups -OCH3 is 1. The van der Waals surface area contributed by atoms with Crippen LogP contribution in [0.5, 0.6) is 5.75 Å². The van der Waals surface area contributed by atoms with Crippen LogP contribution in [-0.2, 0) is 6.54 Å². The van der Waals surface area contributed by atoms with Crippen LogP contribution in [0.2, 0.25) is 0 Å². The highest BCUT2D eigenvalue weighted by molar-refractivity contribution is 5.42. The van der Waals surface area contributed by atoms with Crippen LogP contribution in [0, 0.1) is 10.1 Å². The molecule has 6 heteroatoms. The summed E-state index contributed by atoms with van der Waals surface area (Å²) in [7, 11) is 5.20. The number of hydrogen-bond acceptors (Lipinski definition) is 5. The summed E-state index contributed by atoms with van der Waals surface area (Å²) < 4.78 is 5.01. The van der Waals surface area contributed by atoms with Gasteiger partial charge in [0.15, 0.2) is 0 Å². The van der Waals surface area contributed by atoms with Gasteiger partial charge in [0, 0.05) is 26.7 Å². The minimum atomic E-state index is -0.429. The van der Waals surface area contributed by atoms with Crippen molar-refractivity contribution in [3.8, 4) is 5.75 Å². The molecular formula is C10H15N3O3. The second kappa shape index (κ2) is 5.43. The lowest BCUT2D eigenvalue weighted by molar-refractivity contribution is -0.385. The highest BCUT2D eigenvalue weighted by Gasteiger charge is 2.09. The maximum atomic E-state index is 10.7. The van der Waals surface area contributed by atoms with Gasteiger partial charge in [0.1, 0.15) is 5.75 Å². The van der Waals surface area contributed by atoms with Gasteiger partial charge < -0.3 is 4.74 Å². The Bertz CT molecular complexity index is 380. The van der Waals surface area contributed by atoms with Gasteiger partial charge >= 0.3 is 0 Å². The Balaban J connectivity index is 2.90. The highest BCUT2D eigenvalue weighted by atomic mass is 16.6. The first-order valence-corrected chi connectivity index (χ1v) is 4.76. The van der Waals surface area contributed by atoms with Crippen molar-refractivity contribution >= 4 is 5.69 Å². The summed E-state index contributed by atoms with van der Waals surface area (Å²) in [5.41, 5.74) is 3.88. The molecule has 1 aromatic carbocycles. The average Bonchev–Trinajstić information content (AvgIpc) is 2.25. The lowest BCUT2D eigenvalue weighted by Gasteiger charge is -2.12. The van der Waals surface area contributed by atoms with Crippen LogP contribution in [-0.4, -0.2) is 31.1 Å². The van der Waals surface area contributed by atoms with Crippen molar-refractivity contribution < 1.29 is 9.66 Å². The second-order valence-corrected chi connectivity index (χ2v) is 3.53. The molecule has 16 heavy (non-hydrogen) atoms. The van der Waals surface area contributed by atoms with E-state index in [1.54, 1.807) is 11.1 Å². The zero-order chi connectivity index (χ0) is 12.1. The van der Waals surface area contributed by atoms with E-state index < -0.39 is 4.92 Å². The Morgan fingerprint density at radius 1 is 1.44 bits per heavy atom. The molecule has 0 radical (unpaired) electrons. The van der Waals surface area contributed by atoms with Crippen molar-refractivity contribution in [2.45, 2.75) is 6.54 Å². The van der Waals surface area contributed by atoms with E-state index in [9.17, 15) is 10.1 Å². The largest absolute Gasteiger partial charge is 0.496 e. The van der Waals surface area contributed by atoms with Crippen LogP contribution < -0.4 is 10.2 Å². The van der Waals surface area contributed by atoms with Crippen molar-refractivity contribution in [1.29, 1.82) is 0 Å². The fourth-order valence-electron chi connectivity index (χ4n) is 1.22. The van der Waals surface area contributed by atoms with E-state index >= 15 is 0 Å². The van der Waals surface area contributed by atoms with Gasteiger partial charge in [0.2, 0.25) is 0 Å². The van der Waals surface area contributed by atoms with Crippen LogP contribution in [0.1, 0.15) is 5.56 Å². The lowest BCUT2D eigenvalue weighted by atomic mass is 10.2. The molecule has 6 nitrogen and oxygen atoms in total. The number of nitrogens with zero attached hydrogens (tertiary/aromatic N) is 2. The van der Waals surface area contributed by atoms with Gasteiger partial charge in [-0.05, 0) is 11.6 Å².